The van der Waals surface area contributed by atoms with Gasteiger partial charge in [-0.1, -0.05) is 18.2 Å². The molecule has 1 rings (SSSR count). The molecule has 0 radical (unpaired) electrons. The zero-order valence-electron chi connectivity index (χ0n) is 8.64. The number of benzene rings is 1. The molecule has 0 heterocycles. The van der Waals surface area contributed by atoms with Gasteiger partial charge in [0.05, 0.1) is 5.75 Å². The number of hydrogen-bond donors (Lipinski definition) is 2. The first kappa shape index (κ1) is 14.9. The summed E-state index contributed by atoms with van der Waals surface area (Å²) < 4.78 is 21.8. The molecule has 3 N–H and O–H groups in total. The Morgan fingerprint density at radius 3 is 2.44 bits per heavy atom. The predicted octanol–water partition coefficient (Wildman–Crippen LogP) is 0.855. The zero-order chi connectivity index (χ0) is 11.5. The molecule has 90 valence electrons. The lowest BCUT2D eigenvalue weighted by Gasteiger charge is -2.08. The van der Waals surface area contributed by atoms with Gasteiger partial charge in [-0.05, 0) is 11.6 Å². The first-order valence-corrected chi connectivity index (χ1v) is 5.96. The lowest BCUT2D eigenvalue weighted by Crippen LogP contribution is -2.16. The summed E-state index contributed by atoms with van der Waals surface area (Å²) in [4.78, 5) is 10.8. The van der Waals surface area contributed by atoms with E-state index >= 15 is 0 Å². The van der Waals surface area contributed by atoms with Gasteiger partial charge < -0.3 is 5.32 Å². The number of nitrogens with two attached hydrogens (primary N) is 1. The van der Waals surface area contributed by atoms with Crippen LogP contribution in [0.15, 0.2) is 24.3 Å². The van der Waals surface area contributed by atoms with Crippen molar-refractivity contribution in [1.82, 2.24) is 0 Å². The van der Waals surface area contributed by atoms with Crippen LogP contribution >= 0.6 is 12.4 Å². The highest BCUT2D eigenvalue weighted by molar-refractivity contribution is 7.88. The number of rotatable bonds is 3. The van der Waals surface area contributed by atoms with Crippen LogP contribution < -0.4 is 10.5 Å². The number of anilines is 1. The standard InChI is InChI=1S/C9H12N2O3S.ClH/c1-7(12)11-9-5-3-2-4-8(9)6-15(10,13)14;/h2-5H,6H2,1H3,(H,11,12)(H2,10,13,14);1H. The Morgan fingerprint density at radius 1 is 1.38 bits per heavy atom. The van der Waals surface area contributed by atoms with E-state index in [-0.39, 0.29) is 24.1 Å². The molecule has 0 bridgehead atoms. The van der Waals surface area contributed by atoms with E-state index in [1.807, 2.05) is 0 Å². The summed E-state index contributed by atoms with van der Waals surface area (Å²) in [6.07, 6.45) is 0. The second-order valence-electron chi connectivity index (χ2n) is 3.15. The molecule has 0 aromatic heterocycles. The Kier molecular flexibility index (Phi) is 5.43. The highest BCUT2D eigenvalue weighted by atomic mass is 35.5. The monoisotopic (exact) mass is 264 g/mol. The lowest BCUT2D eigenvalue weighted by atomic mass is 10.2. The van der Waals surface area contributed by atoms with E-state index in [9.17, 15) is 13.2 Å². The van der Waals surface area contributed by atoms with Crippen molar-refractivity contribution >= 4 is 34.0 Å². The minimum atomic E-state index is -3.59. The number of hydrogen-bond acceptors (Lipinski definition) is 3. The topological polar surface area (TPSA) is 89.3 Å². The quantitative estimate of drug-likeness (QED) is 0.848. The molecule has 0 atom stereocenters. The van der Waals surface area contributed by atoms with Gasteiger partial charge in [-0.2, -0.15) is 0 Å². The average Bonchev–Trinajstić information content (AvgIpc) is 2.05. The molecule has 0 saturated carbocycles. The van der Waals surface area contributed by atoms with E-state index in [4.69, 9.17) is 5.14 Å². The Bertz CT molecular complexity index is 473. The summed E-state index contributed by atoms with van der Waals surface area (Å²) in [5.41, 5.74) is 0.953. The van der Waals surface area contributed by atoms with Gasteiger partial charge in [0, 0.05) is 12.6 Å². The van der Waals surface area contributed by atoms with Crippen molar-refractivity contribution in [3.8, 4) is 0 Å². The maximum Gasteiger partial charge on any atom is 0.221 e. The van der Waals surface area contributed by atoms with Crippen molar-refractivity contribution in [2.75, 3.05) is 5.32 Å². The number of halogens is 1. The van der Waals surface area contributed by atoms with E-state index in [2.05, 4.69) is 5.32 Å². The third-order valence-corrected chi connectivity index (χ3v) is 2.40. The molecule has 0 unspecified atom stereocenters. The average molecular weight is 265 g/mol. The van der Waals surface area contributed by atoms with Gasteiger partial charge in [-0.25, -0.2) is 13.6 Å². The third kappa shape index (κ3) is 5.11. The Morgan fingerprint density at radius 2 is 1.94 bits per heavy atom. The van der Waals surface area contributed by atoms with Crippen LogP contribution in [0.2, 0.25) is 0 Å². The molecule has 0 aliphatic rings. The Labute approximate surface area is 100 Å². The van der Waals surface area contributed by atoms with Crippen LogP contribution in [0.3, 0.4) is 0 Å². The van der Waals surface area contributed by atoms with Crippen LogP contribution in [0.1, 0.15) is 12.5 Å². The van der Waals surface area contributed by atoms with E-state index in [1.165, 1.54) is 6.92 Å². The fourth-order valence-electron chi connectivity index (χ4n) is 1.17. The van der Waals surface area contributed by atoms with Gasteiger partial charge in [0.1, 0.15) is 0 Å². The zero-order valence-corrected chi connectivity index (χ0v) is 10.3. The van der Waals surface area contributed by atoms with Crippen molar-refractivity contribution in [3.63, 3.8) is 0 Å². The lowest BCUT2D eigenvalue weighted by molar-refractivity contribution is -0.114. The van der Waals surface area contributed by atoms with Gasteiger partial charge in [-0.15, -0.1) is 12.4 Å². The number of primary sulfonamides is 1. The molecule has 0 saturated heterocycles. The maximum absolute atomic E-state index is 10.9. The first-order chi connectivity index (χ1) is 6.88. The molecule has 0 spiro atoms. The second-order valence-corrected chi connectivity index (χ2v) is 4.76. The van der Waals surface area contributed by atoms with Crippen LogP contribution in [0.25, 0.3) is 0 Å². The van der Waals surface area contributed by atoms with Gasteiger partial charge in [0.25, 0.3) is 0 Å². The molecule has 0 aliphatic carbocycles. The first-order valence-electron chi connectivity index (χ1n) is 4.24. The van der Waals surface area contributed by atoms with Gasteiger partial charge in [0.2, 0.25) is 15.9 Å². The molecular weight excluding hydrogens is 252 g/mol. The van der Waals surface area contributed by atoms with Crippen LogP contribution in [-0.4, -0.2) is 14.3 Å². The number of carbonyl (C=O) groups excluding carboxylic acids is 1. The summed E-state index contributed by atoms with van der Waals surface area (Å²) in [6, 6.07) is 6.63. The minimum Gasteiger partial charge on any atom is -0.326 e. The van der Waals surface area contributed by atoms with Crippen LogP contribution in [-0.2, 0) is 20.6 Å². The Hall–Kier alpha value is -1.11. The van der Waals surface area contributed by atoms with Crippen molar-refractivity contribution in [3.05, 3.63) is 29.8 Å². The van der Waals surface area contributed by atoms with Gasteiger partial charge >= 0.3 is 0 Å². The normalized spacial score (nSPS) is 10.4. The maximum atomic E-state index is 10.9. The summed E-state index contributed by atoms with van der Waals surface area (Å²) in [7, 11) is -3.59. The fraction of sp³-hybridized carbons (Fsp3) is 0.222. The molecule has 16 heavy (non-hydrogen) atoms. The highest BCUT2D eigenvalue weighted by Crippen LogP contribution is 2.16. The molecule has 1 amide bonds. The molecule has 1 aromatic rings. The SMILES string of the molecule is CC(=O)Nc1ccccc1CS(N)(=O)=O.Cl. The smallest absolute Gasteiger partial charge is 0.221 e. The number of carbonyl (C=O) groups is 1. The highest BCUT2D eigenvalue weighted by Gasteiger charge is 2.09. The third-order valence-electron chi connectivity index (χ3n) is 1.68. The van der Waals surface area contributed by atoms with Gasteiger partial charge in [-0.3, -0.25) is 4.79 Å². The fourth-order valence-corrected chi connectivity index (χ4v) is 1.86. The van der Waals surface area contributed by atoms with Gasteiger partial charge in [0.15, 0.2) is 0 Å². The minimum absolute atomic E-state index is 0. The van der Waals surface area contributed by atoms with Crippen LogP contribution in [0.4, 0.5) is 5.69 Å². The van der Waals surface area contributed by atoms with E-state index < -0.39 is 10.0 Å². The second kappa shape index (κ2) is 5.83. The van der Waals surface area contributed by atoms with Crippen molar-refractivity contribution in [2.24, 2.45) is 5.14 Å². The predicted molar refractivity (Wildman–Crippen MR) is 64.8 cm³/mol. The Balaban J connectivity index is 0.00000225. The molecule has 0 fully saturated rings. The molecule has 5 nitrogen and oxygen atoms in total. The molecule has 1 aromatic carbocycles. The van der Waals surface area contributed by atoms with E-state index in [0.717, 1.165) is 0 Å². The molecule has 7 heteroatoms. The number of sulfonamides is 1. The van der Waals surface area contributed by atoms with Crippen LogP contribution in [0, 0.1) is 0 Å². The van der Waals surface area contributed by atoms with Crippen molar-refractivity contribution in [2.45, 2.75) is 12.7 Å². The largest absolute Gasteiger partial charge is 0.326 e. The molecule has 0 aliphatic heterocycles. The van der Waals surface area contributed by atoms with Crippen molar-refractivity contribution in [1.29, 1.82) is 0 Å². The number of para-hydroxylation sites is 1. The van der Waals surface area contributed by atoms with E-state index in [1.54, 1.807) is 24.3 Å². The van der Waals surface area contributed by atoms with Crippen LogP contribution in [0.5, 0.6) is 0 Å². The number of amides is 1. The summed E-state index contributed by atoms with van der Waals surface area (Å²) >= 11 is 0. The van der Waals surface area contributed by atoms with Crippen molar-refractivity contribution < 1.29 is 13.2 Å². The number of nitrogens with one attached hydrogen (secondary N) is 1. The molecular formula is C9H13ClN2O3S. The summed E-state index contributed by atoms with van der Waals surface area (Å²) in [6.45, 7) is 1.35. The summed E-state index contributed by atoms with van der Waals surface area (Å²) in [5, 5.41) is 7.46. The summed E-state index contributed by atoms with van der Waals surface area (Å²) in [5.74, 6) is -0.541. The van der Waals surface area contributed by atoms with E-state index in [0.29, 0.717) is 11.3 Å².